The molecule has 1 saturated heterocycles. The Balaban J connectivity index is 1.44. The highest BCUT2D eigenvalue weighted by molar-refractivity contribution is 5.93. The summed E-state index contributed by atoms with van der Waals surface area (Å²) in [6, 6.07) is 14.3. The molecule has 4 rings (SSSR count). The summed E-state index contributed by atoms with van der Waals surface area (Å²) in [6.45, 7) is 3.53. The number of aryl methyl sites for hydroxylation is 1. The van der Waals surface area contributed by atoms with Crippen LogP contribution in [0.25, 0.3) is 5.65 Å². The van der Waals surface area contributed by atoms with E-state index in [-0.39, 0.29) is 5.91 Å². The molecule has 3 heterocycles. The van der Waals surface area contributed by atoms with Crippen LogP contribution in [0.1, 0.15) is 34.6 Å². The Kier molecular flexibility index (Phi) is 4.22. The molecule has 0 radical (unpaired) electrons. The number of hydrogen-bond acceptors (Lipinski definition) is 3. The molecule has 0 N–H and O–H groups in total. The maximum atomic E-state index is 12.9. The van der Waals surface area contributed by atoms with E-state index in [2.05, 4.69) is 40.4 Å². The number of piperidine rings is 1. The summed E-state index contributed by atoms with van der Waals surface area (Å²) in [5, 5.41) is 4.41. The lowest BCUT2D eigenvalue weighted by molar-refractivity contribution is 0.0681. The number of carbonyl (C=O) groups is 1. The molecule has 0 saturated carbocycles. The first kappa shape index (κ1) is 15.8. The average molecular weight is 334 g/mol. The van der Waals surface area contributed by atoms with Gasteiger partial charge in [0.25, 0.3) is 5.91 Å². The average Bonchev–Trinajstić information content (AvgIpc) is 3.03. The summed E-state index contributed by atoms with van der Waals surface area (Å²) in [7, 11) is 0. The first-order valence-electron chi connectivity index (χ1n) is 8.85. The van der Waals surface area contributed by atoms with Gasteiger partial charge in [-0.1, -0.05) is 30.3 Å². The van der Waals surface area contributed by atoms with Crippen molar-refractivity contribution in [2.45, 2.75) is 26.2 Å². The standard InChI is InChI=1S/C20H22N4O/c1-15-13-19-21-10-7-18(24(19)22-15)20(25)23-11-8-17(9-12-23)14-16-5-3-2-4-6-16/h2-7,10,13,17H,8-9,11-12,14H2,1H3. The van der Waals surface area contributed by atoms with E-state index in [1.54, 1.807) is 16.8 Å². The zero-order valence-electron chi connectivity index (χ0n) is 14.4. The number of rotatable bonds is 3. The van der Waals surface area contributed by atoms with Gasteiger partial charge in [-0.25, -0.2) is 9.50 Å². The van der Waals surface area contributed by atoms with Gasteiger partial charge in [0, 0.05) is 25.4 Å². The van der Waals surface area contributed by atoms with E-state index in [4.69, 9.17) is 0 Å². The zero-order valence-corrected chi connectivity index (χ0v) is 14.4. The van der Waals surface area contributed by atoms with Gasteiger partial charge in [0.1, 0.15) is 5.69 Å². The van der Waals surface area contributed by atoms with E-state index in [0.717, 1.165) is 43.7 Å². The lowest BCUT2D eigenvalue weighted by Crippen LogP contribution is -2.39. The highest BCUT2D eigenvalue weighted by Crippen LogP contribution is 2.23. The Morgan fingerprint density at radius 2 is 1.92 bits per heavy atom. The van der Waals surface area contributed by atoms with E-state index >= 15 is 0 Å². The Labute approximate surface area is 147 Å². The molecule has 0 spiro atoms. The monoisotopic (exact) mass is 334 g/mol. The van der Waals surface area contributed by atoms with Crippen molar-refractivity contribution in [1.29, 1.82) is 0 Å². The fourth-order valence-electron chi connectivity index (χ4n) is 3.62. The minimum atomic E-state index is 0.0497. The zero-order chi connectivity index (χ0) is 17.2. The first-order valence-corrected chi connectivity index (χ1v) is 8.85. The molecule has 0 unspecified atom stereocenters. The molecule has 1 aromatic carbocycles. The van der Waals surface area contributed by atoms with Crippen LogP contribution >= 0.6 is 0 Å². The summed E-state index contributed by atoms with van der Waals surface area (Å²) < 4.78 is 1.66. The number of nitrogens with zero attached hydrogens (tertiary/aromatic N) is 4. The smallest absolute Gasteiger partial charge is 0.272 e. The maximum Gasteiger partial charge on any atom is 0.272 e. The second-order valence-corrected chi connectivity index (χ2v) is 6.81. The first-order chi connectivity index (χ1) is 12.2. The van der Waals surface area contributed by atoms with Gasteiger partial charge in [-0.3, -0.25) is 4.79 Å². The van der Waals surface area contributed by atoms with Gasteiger partial charge in [0.15, 0.2) is 5.65 Å². The van der Waals surface area contributed by atoms with Gasteiger partial charge >= 0.3 is 0 Å². The van der Waals surface area contributed by atoms with Crippen molar-refractivity contribution in [1.82, 2.24) is 19.5 Å². The molecule has 1 fully saturated rings. The molecule has 5 heteroatoms. The van der Waals surface area contributed by atoms with Crippen molar-refractivity contribution in [3.8, 4) is 0 Å². The number of amides is 1. The molecule has 0 bridgehead atoms. The Morgan fingerprint density at radius 3 is 2.68 bits per heavy atom. The van der Waals surface area contributed by atoms with Crippen LogP contribution in [-0.2, 0) is 6.42 Å². The van der Waals surface area contributed by atoms with E-state index in [1.807, 2.05) is 17.9 Å². The molecule has 2 aromatic heterocycles. The third-order valence-electron chi connectivity index (χ3n) is 4.97. The van der Waals surface area contributed by atoms with Crippen molar-refractivity contribution in [2.24, 2.45) is 5.92 Å². The molecule has 128 valence electrons. The molecule has 5 nitrogen and oxygen atoms in total. The minimum absolute atomic E-state index is 0.0497. The normalized spacial score (nSPS) is 15.6. The van der Waals surface area contributed by atoms with Crippen molar-refractivity contribution in [3.05, 3.63) is 65.6 Å². The van der Waals surface area contributed by atoms with Crippen LogP contribution in [0.4, 0.5) is 0 Å². The van der Waals surface area contributed by atoms with Crippen LogP contribution in [0.2, 0.25) is 0 Å². The highest BCUT2D eigenvalue weighted by Gasteiger charge is 2.25. The Hall–Kier alpha value is -2.69. The maximum absolute atomic E-state index is 12.9. The van der Waals surface area contributed by atoms with Crippen molar-refractivity contribution < 1.29 is 4.79 Å². The summed E-state index contributed by atoms with van der Waals surface area (Å²) in [4.78, 5) is 19.2. The molecular formula is C20H22N4O. The largest absolute Gasteiger partial charge is 0.337 e. The summed E-state index contributed by atoms with van der Waals surface area (Å²) in [5.74, 6) is 0.699. The van der Waals surface area contributed by atoms with Gasteiger partial charge in [-0.05, 0) is 43.7 Å². The van der Waals surface area contributed by atoms with Crippen LogP contribution in [0.3, 0.4) is 0 Å². The van der Waals surface area contributed by atoms with E-state index in [0.29, 0.717) is 11.6 Å². The number of hydrogen-bond donors (Lipinski definition) is 0. The number of carbonyl (C=O) groups excluding carboxylic acids is 1. The Morgan fingerprint density at radius 1 is 1.16 bits per heavy atom. The van der Waals surface area contributed by atoms with Crippen molar-refractivity contribution in [3.63, 3.8) is 0 Å². The van der Waals surface area contributed by atoms with E-state index in [1.165, 1.54) is 5.56 Å². The number of likely N-dealkylation sites (tertiary alicyclic amines) is 1. The van der Waals surface area contributed by atoms with Crippen LogP contribution in [-0.4, -0.2) is 38.5 Å². The van der Waals surface area contributed by atoms with Crippen LogP contribution in [0, 0.1) is 12.8 Å². The van der Waals surface area contributed by atoms with Crippen molar-refractivity contribution in [2.75, 3.05) is 13.1 Å². The van der Waals surface area contributed by atoms with E-state index < -0.39 is 0 Å². The molecule has 1 aliphatic rings. The molecule has 1 amide bonds. The fraction of sp³-hybridized carbons (Fsp3) is 0.350. The highest BCUT2D eigenvalue weighted by atomic mass is 16.2. The lowest BCUT2D eigenvalue weighted by Gasteiger charge is -2.32. The summed E-state index contributed by atoms with van der Waals surface area (Å²) >= 11 is 0. The minimum Gasteiger partial charge on any atom is -0.337 e. The Bertz CT molecular complexity index is 879. The molecule has 25 heavy (non-hydrogen) atoms. The SMILES string of the molecule is Cc1cc2nccc(C(=O)N3CCC(Cc4ccccc4)CC3)n2n1. The van der Waals surface area contributed by atoms with E-state index in [9.17, 15) is 4.79 Å². The third-order valence-corrected chi connectivity index (χ3v) is 4.97. The molecule has 1 aliphatic heterocycles. The third kappa shape index (κ3) is 3.27. The van der Waals surface area contributed by atoms with Crippen LogP contribution in [0.15, 0.2) is 48.7 Å². The van der Waals surface area contributed by atoms with Gasteiger partial charge < -0.3 is 4.90 Å². The topological polar surface area (TPSA) is 50.5 Å². The predicted molar refractivity (Wildman–Crippen MR) is 96.5 cm³/mol. The molecular weight excluding hydrogens is 312 g/mol. The number of benzene rings is 1. The van der Waals surface area contributed by atoms with Crippen LogP contribution in [0.5, 0.6) is 0 Å². The summed E-state index contributed by atoms with van der Waals surface area (Å²) in [5.41, 5.74) is 3.58. The van der Waals surface area contributed by atoms with Crippen molar-refractivity contribution >= 4 is 11.6 Å². The van der Waals surface area contributed by atoms with Crippen LogP contribution < -0.4 is 0 Å². The lowest BCUT2D eigenvalue weighted by atomic mass is 9.90. The molecule has 3 aromatic rings. The van der Waals surface area contributed by atoms with Gasteiger partial charge in [-0.2, -0.15) is 5.10 Å². The quantitative estimate of drug-likeness (QED) is 0.739. The van der Waals surface area contributed by atoms with Gasteiger partial charge in [-0.15, -0.1) is 0 Å². The second-order valence-electron chi connectivity index (χ2n) is 6.81. The predicted octanol–water partition coefficient (Wildman–Crippen LogP) is 3.13. The number of fused-ring (bicyclic) bond motifs is 1. The number of aromatic nitrogens is 3. The van der Waals surface area contributed by atoms with Gasteiger partial charge in [0.05, 0.1) is 5.69 Å². The summed E-state index contributed by atoms with van der Waals surface area (Å²) in [6.07, 6.45) is 4.88. The fourth-order valence-corrected chi connectivity index (χ4v) is 3.62. The van der Waals surface area contributed by atoms with Gasteiger partial charge in [0.2, 0.25) is 0 Å². The molecule has 0 aliphatic carbocycles. The second kappa shape index (κ2) is 6.67. The molecule has 0 atom stereocenters.